The van der Waals surface area contributed by atoms with Gasteiger partial charge in [-0.3, -0.25) is 0 Å². The number of benzene rings is 2. The van der Waals surface area contributed by atoms with Gasteiger partial charge in [-0.2, -0.15) is 5.26 Å². The molecule has 0 atom stereocenters. The van der Waals surface area contributed by atoms with Gasteiger partial charge < -0.3 is 4.74 Å². The first-order valence-corrected chi connectivity index (χ1v) is 5.64. The van der Waals surface area contributed by atoms with Gasteiger partial charge >= 0.3 is 0 Å². The van der Waals surface area contributed by atoms with Crippen LogP contribution in [0.1, 0.15) is 11.1 Å². The Kier molecular flexibility index (Phi) is 2.31. The van der Waals surface area contributed by atoms with Gasteiger partial charge in [0.05, 0.1) is 18.2 Å². The molecule has 0 saturated heterocycles. The van der Waals surface area contributed by atoms with E-state index in [4.69, 9.17) is 10.00 Å². The molecule has 0 unspecified atom stereocenters. The van der Waals surface area contributed by atoms with Crippen LogP contribution in [0.5, 0.6) is 5.75 Å². The van der Waals surface area contributed by atoms with Crippen LogP contribution in [-0.2, 0) is 6.42 Å². The lowest BCUT2D eigenvalue weighted by molar-refractivity contribution is 0.357. The predicted octanol–water partition coefficient (Wildman–Crippen LogP) is 3.16. The maximum absolute atomic E-state index is 9.10. The van der Waals surface area contributed by atoms with Crippen LogP contribution in [0, 0.1) is 11.3 Å². The molecule has 0 amide bonds. The summed E-state index contributed by atoms with van der Waals surface area (Å²) in [6.07, 6.45) is 0.956. The summed E-state index contributed by atoms with van der Waals surface area (Å²) in [7, 11) is 0. The summed E-state index contributed by atoms with van der Waals surface area (Å²) in [4.78, 5) is 0. The second-order valence-electron chi connectivity index (χ2n) is 4.08. The highest BCUT2D eigenvalue weighted by Gasteiger charge is 2.13. The molecule has 1 aliphatic heterocycles. The number of hydrogen-bond donors (Lipinski definition) is 0. The molecule has 2 aromatic carbocycles. The van der Waals surface area contributed by atoms with E-state index in [1.807, 2.05) is 36.4 Å². The second-order valence-corrected chi connectivity index (χ2v) is 4.08. The fraction of sp³-hybridized carbons (Fsp3) is 0.133. The van der Waals surface area contributed by atoms with Crippen molar-refractivity contribution in [2.45, 2.75) is 6.42 Å². The van der Waals surface area contributed by atoms with Crippen molar-refractivity contribution in [3.05, 3.63) is 53.6 Å². The first-order chi connectivity index (χ1) is 8.38. The molecule has 0 fully saturated rings. The normalized spacial score (nSPS) is 12.6. The third kappa shape index (κ3) is 1.66. The van der Waals surface area contributed by atoms with E-state index in [2.05, 4.69) is 12.1 Å². The van der Waals surface area contributed by atoms with E-state index in [1.54, 1.807) is 0 Å². The Hall–Kier alpha value is -2.27. The molecule has 1 heterocycles. The van der Waals surface area contributed by atoms with Gasteiger partial charge in [0.25, 0.3) is 0 Å². The van der Waals surface area contributed by atoms with Crippen LogP contribution in [0.3, 0.4) is 0 Å². The minimum atomic E-state index is 0.714. The van der Waals surface area contributed by atoms with Crippen LogP contribution in [0.4, 0.5) is 0 Å². The Morgan fingerprint density at radius 2 is 2.00 bits per heavy atom. The van der Waals surface area contributed by atoms with Crippen molar-refractivity contribution >= 4 is 0 Å². The van der Waals surface area contributed by atoms with Crippen LogP contribution in [-0.4, -0.2) is 6.61 Å². The molecular weight excluding hydrogens is 210 g/mol. The summed E-state index contributed by atoms with van der Waals surface area (Å²) in [6.45, 7) is 0.763. The van der Waals surface area contributed by atoms with E-state index in [-0.39, 0.29) is 0 Å². The van der Waals surface area contributed by atoms with Crippen molar-refractivity contribution in [3.63, 3.8) is 0 Å². The highest BCUT2D eigenvalue weighted by molar-refractivity contribution is 5.72. The molecule has 2 nitrogen and oxygen atoms in total. The first kappa shape index (κ1) is 9.92. The van der Waals surface area contributed by atoms with Crippen molar-refractivity contribution in [2.75, 3.05) is 6.61 Å². The van der Waals surface area contributed by atoms with Crippen LogP contribution < -0.4 is 4.74 Å². The third-order valence-corrected chi connectivity index (χ3v) is 3.05. The molecular formula is C15H11NO. The monoisotopic (exact) mass is 221 g/mol. The molecule has 0 N–H and O–H groups in total. The van der Waals surface area contributed by atoms with E-state index in [0.717, 1.165) is 29.9 Å². The Labute approximate surface area is 100 Å². The fourth-order valence-electron chi connectivity index (χ4n) is 2.19. The van der Waals surface area contributed by atoms with E-state index >= 15 is 0 Å². The summed E-state index contributed by atoms with van der Waals surface area (Å²) < 4.78 is 5.48. The predicted molar refractivity (Wildman–Crippen MR) is 65.8 cm³/mol. The number of nitrogens with zero attached hydrogens (tertiary/aromatic N) is 1. The molecule has 0 saturated carbocycles. The second kappa shape index (κ2) is 3.95. The van der Waals surface area contributed by atoms with Gasteiger partial charge in [0, 0.05) is 6.42 Å². The molecule has 0 aliphatic carbocycles. The Morgan fingerprint density at radius 3 is 2.88 bits per heavy atom. The molecule has 2 heteroatoms. The number of rotatable bonds is 1. The van der Waals surface area contributed by atoms with Crippen LogP contribution >= 0.6 is 0 Å². The molecule has 1 aliphatic rings. The molecule has 3 rings (SSSR count). The summed E-state index contributed by atoms with van der Waals surface area (Å²) in [5.74, 6) is 0.975. The van der Waals surface area contributed by atoms with Crippen molar-refractivity contribution in [2.24, 2.45) is 0 Å². The highest BCUT2D eigenvalue weighted by Crippen LogP contribution is 2.31. The average Bonchev–Trinajstić information content (AvgIpc) is 2.85. The van der Waals surface area contributed by atoms with Gasteiger partial charge in [-0.1, -0.05) is 24.3 Å². The maximum Gasteiger partial charge on any atom is 0.122 e. The van der Waals surface area contributed by atoms with Gasteiger partial charge in [-0.15, -0.1) is 0 Å². The van der Waals surface area contributed by atoms with Crippen LogP contribution in [0.2, 0.25) is 0 Å². The minimum Gasteiger partial charge on any atom is -0.493 e. The number of hydrogen-bond acceptors (Lipinski definition) is 2. The van der Waals surface area contributed by atoms with Gasteiger partial charge in [0.15, 0.2) is 0 Å². The number of nitriles is 1. The zero-order chi connectivity index (χ0) is 11.7. The molecule has 0 aromatic heterocycles. The molecule has 0 bridgehead atoms. The number of fused-ring (bicyclic) bond motifs is 1. The summed E-state index contributed by atoms with van der Waals surface area (Å²) >= 11 is 0. The Bertz CT molecular complexity index is 611. The van der Waals surface area contributed by atoms with Gasteiger partial charge in [0.1, 0.15) is 5.75 Å². The smallest absolute Gasteiger partial charge is 0.122 e. The molecule has 82 valence electrons. The topological polar surface area (TPSA) is 33.0 Å². The zero-order valence-electron chi connectivity index (χ0n) is 9.31. The van der Waals surface area contributed by atoms with E-state index in [9.17, 15) is 0 Å². The highest BCUT2D eigenvalue weighted by atomic mass is 16.5. The standard InChI is InChI=1S/C15H11NO/c16-10-13-3-1-2-4-14(13)11-5-6-15-12(9-11)7-8-17-15/h1-6,9H,7-8H2. The van der Waals surface area contributed by atoms with E-state index in [1.165, 1.54) is 5.56 Å². The van der Waals surface area contributed by atoms with Gasteiger partial charge in [-0.25, -0.2) is 0 Å². The van der Waals surface area contributed by atoms with Gasteiger partial charge in [-0.05, 0) is 34.9 Å². The van der Waals surface area contributed by atoms with Crippen LogP contribution in [0.25, 0.3) is 11.1 Å². The third-order valence-electron chi connectivity index (χ3n) is 3.05. The van der Waals surface area contributed by atoms with Crippen molar-refractivity contribution in [1.82, 2.24) is 0 Å². The lowest BCUT2D eigenvalue weighted by Crippen LogP contribution is -1.85. The van der Waals surface area contributed by atoms with E-state index < -0.39 is 0 Å². The molecule has 0 spiro atoms. The largest absolute Gasteiger partial charge is 0.493 e. The van der Waals surface area contributed by atoms with Gasteiger partial charge in [0.2, 0.25) is 0 Å². The lowest BCUT2D eigenvalue weighted by atomic mass is 9.98. The Morgan fingerprint density at radius 1 is 1.12 bits per heavy atom. The summed E-state index contributed by atoms with van der Waals surface area (Å²) in [6, 6.07) is 16.0. The van der Waals surface area contributed by atoms with Crippen molar-refractivity contribution in [3.8, 4) is 22.9 Å². The zero-order valence-corrected chi connectivity index (χ0v) is 9.31. The summed E-state index contributed by atoms with van der Waals surface area (Å²) in [5, 5.41) is 9.10. The Balaban J connectivity index is 2.13. The average molecular weight is 221 g/mol. The van der Waals surface area contributed by atoms with E-state index in [0.29, 0.717) is 5.56 Å². The van der Waals surface area contributed by atoms with Crippen molar-refractivity contribution < 1.29 is 4.74 Å². The molecule has 17 heavy (non-hydrogen) atoms. The lowest BCUT2D eigenvalue weighted by Gasteiger charge is -2.06. The SMILES string of the molecule is N#Cc1ccccc1-c1ccc2c(c1)CCO2. The number of ether oxygens (including phenoxy) is 1. The fourth-order valence-corrected chi connectivity index (χ4v) is 2.19. The van der Waals surface area contributed by atoms with Crippen molar-refractivity contribution in [1.29, 1.82) is 5.26 Å². The molecule has 0 radical (unpaired) electrons. The summed E-state index contributed by atoms with van der Waals surface area (Å²) in [5.41, 5.74) is 4.03. The van der Waals surface area contributed by atoms with Crippen LogP contribution in [0.15, 0.2) is 42.5 Å². The minimum absolute atomic E-state index is 0.714. The molecule has 2 aromatic rings. The first-order valence-electron chi connectivity index (χ1n) is 5.64. The quantitative estimate of drug-likeness (QED) is 0.741. The maximum atomic E-state index is 9.10.